The topological polar surface area (TPSA) is 96.5 Å². The summed E-state index contributed by atoms with van der Waals surface area (Å²) in [5.41, 5.74) is 8.90. The van der Waals surface area contributed by atoms with Gasteiger partial charge in [-0.15, -0.1) is 0 Å². The van der Waals surface area contributed by atoms with Gasteiger partial charge in [-0.25, -0.2) is 0 Å². The summed E-state index contributed by atoms with van der Waals surface area (Å²) in [6.07, 6.45) is 0. The van der Waals surface area contributed by atoms with Gasteiger partial charge in [-0.2, -0.15) is 0 Å². The normalized spacial score (nSPS) is 10.9. The number of hydrogen-bond donors (Lipinski definition) is 3. The van der Waals surface area contributed by atoms with Gasteiger partial charge in [0, 0.05) is 21.8 Å². The quantitative estimate of drug-likeness (QED) is 0.392. The molecule has 0 aliphatic rings. The molecule has 0 aliphatic carbocycles. The zero-order chi connectivity index (χ0) is 26.5. The Morgan fingerprint density at radius 2 is 1.33 bits per heavy atom. The van der Waals surface area contributed by atoms with Crippen molar-refractivity contribution in [3.63, 3.8) is 0 Å². The number of benzene rings is 3. The summed E-state index contributed by atoms with van der Waals surface area (Å²) in [5, 5.41) is 3.46. The molecule has 7 nitrogen and oxygen atoms in total. The van der Waals surface area contributed by atoms with Gasteiger partial charge in [0.05, 0.1) is 0 Å². The highest BCUT2D eigenvalue weighted by Gasteiger charge is 2.15. The largest absolute Gasteiger partial charge is 0.484 e. The third kappa shape index (κ3) is 7.09. The van der Waals surface area contributed by atoms with Crippen LogP contribution >= 0.6 is 11.6 Å². The van der Waals surface area contributed by atoms with Gasteiger partial charge in [0.1, 0.15) is 5.75 Å². The van der Waals surface area contributed by atoms with Crippen LogP contribution in [0.1, 0.15) is 58.2 Å². The van der Waals surface area contributed by atoms with Crippen LogP contribution < -0.4 is 20.9 Å². The van der Waals surface area contributed by atoms with Crippen molar-refractivity contribution in [3.05, 3.63) is 93.5 Å². The van der Waals surface area contributed by atoms with E-state index in [1.807, 2.05) is 26.0 Å². The summed E-state index contributed by atoms with van der Waals surface area (Å²) < 4.78 is 5.47. The molecule has 0 aliphatic heterocycles. The molecular weight excluding hydrogens is 478 g/mol. The Labute approximate surface area is 216 Å². The molecule has 0 fully saturated rings. The molecular formula is C28H30ClN3O4. The molecule has 0 unspecified atom stereocenters. The third-order valence-corrected chi connectivity index (χ3v) is 6.11. The lowest BCUT2D eigenvalue weighted by Gasteiger charge is -2.19. The number of amides is 3. The minimum absolute atomic E-state index is 0.00680. The highest BCUT2D eigenvalue weighted by Crippen LogP contribution is 2.26. The lowest BCUT2D eigenvalue weighted by Crippen LogP contribution is -2.43. The zero-order valence-corrected chi connectivity index (χ0v) is 21.7. The average Bonchev–Trinajstić information content (AvgIpc) is 2.84. The monoisotopic (exact) mass is 507 g/mol. The van der Waals surface area contributed by atoms with Crippen LogP contribution in [0.2, 0.25) is 5.02 Å². The molecule has 3 rings (SSSR count). The minimum Gasteiger partial charge on any atom is -0.484 e. The smallest absolute Gasteiger partial charge is 0.276 e. The van der Waals surface area contributed by atoms with Crippen molar-refractivity contribution in [2.24, 2.45) is 0 Å². The summed E-state index contributed by atoms with van der Waals surface area (Å²) in [6.45, 7) is 9.76. The van der Waals surface area contributed by atoms with Gasteiger partial charge < -0.3 is 10.1 Å². The van der Waals surface area contributed by atoms with Gasteiger partial charge in [-0.1, -0.05) is 44.5 Å². The molecule has 0 saturated carbocycles. The van der Waals surface area contributed by atoms with E-state index in [0.29, 0.717) is 27.6 Å². The van der Waals surface area contributed by atoms with E-state index in [4.69, 9.17) is 16.3 Å². The summed E-state index contributed by atoms with van der Waals surface area (Å²) >= 11 is 6.13. The summed E-state index contributed by atoms with van der Waals surface area (Å²) in [5.74, 6) is -0.753. The fourth-order valence-electron chi connectivity index (χ4n) is 3.40. The first-order valence-corrected chi connectivity index (χ1v) is 11.8. The third-order valence-electron chi connectivity index (χ3n) is 5.51. The Kier molecular flexibility index (Phi) is 8.37. The van der Waals surface area contributed by atoms with Crippen LogP contribution in [0.5, 0.6) is 5.75 Å². The molecule has 8 heteroatoms. The fourth-order valence-corrected chi connectivity index (χ4v) is 3.51. The minimum atomic E-state index is -0.519. The lowest BCUT2D eigenvalue weighted by atomic mass is 9.87. The molecule has 3 aromatic carbocycles. The number of hydrogen-bond acceptors (Lipinski definition) is 4. The molecule has 36 heavy (non-hydrogen) atoms. The van der Waals surface area contributed by atoms with Gasteiger partial charge in [0.15, 0.2) is 6.61 Å². The standard InChI is InChI=1S/C28H30ClN3O4/c1-17-14-23(15-18(2)25(17)29)36-16-24(33)31-32-27(35)20-8-12-22(13-9-20)30-26(34)19-6-10-21(11-7-19)28(3,4)5/h6-15H,16H2,1-5H3,(H,30,34)(H,31,33)(H,32,35). The Balaban J connectivity index is 1.48. The number of aryl methyl sites for hydroxylation is 2. The maximum Gasteiger partial charge on any atom is 0.276 e. The van der Waals surface area contributed by atoms with Crippen LogP contribution in [-0.2, 0) is 10.2 Å². The average molecular weight is 508 g/mol. The molecule has 0 atom stereocenters. The Hall–Kier alpha value is -3.84. The maximum absolute atomic E-state index is 12.5. The van der Waals surface area contributed by atoms with Gasteiger partial charge in [-0.3, -0.25) is 25.2 Å². The molecule has 0 spiro atoms. The van der Waals surface area contributed by atoms with Gasteiger partial charge >= 0.3 is 0 Å². The van der Waals surface area contributed by atoms with Gasteiger partial charge in [0.2, 0.25) is 0 Å². The van der Waals surface area contributed by atoms with Crippen LogP contribution in [0.25, 0.3) is 0 Å². The SMILES string of the molecule is Cc1cc(OCC(=O)NNC(=O)c2ccc(NC(=O)c3ccc(C(C)(C)C)cc3)cc2)cc(C)c1Cl. The molecule has 188 valence electrons. The van der Waals surface area contributed by atoms with Crippen molar-refractivity contribution >= 4 is 35.0 Å². The maximum atomic E-state index is 12.5. The Bertz CT molecular complexity index is 1240. The van der Waals surface area contributed by atoms with Crippen molar-refractivity contribution in [3.8, 4) is 5.75 Å². The second-order valence-electron chi connectivity index (χ2n) is 9.52. The first-order valence-electron chi connectivity index (χ1n) is 11.4. The molecule has 0 radical (unpaired) electrons. The Morgan fingerprint density at radius 3 is 1.89 bits per heavy atom. The molecule has 3 aromatic rings. The van der Waals surface area contributed by atoms with Gasteiger partial charge in [-0.05, 0) is 84.5 Å². The number of carbonyl (C=O) groups is 3. The van der Waals surface area contributed by atoms with Crippen LogP contribution in [0.4, 0.5) is 5.69 Å². The predicted molar refractivity (Wildman–Crippen MR) is 142 cm³/mol. The number of hydrazine groups is 1. The van der Waals surface area contributed by atoms with E-state index in [2.05, 4.69) is 36.9 Å². The molecule has 3 N–H and O–H groups in total. The van der Waals surface area contributed by atoms with E-state index in [0.717, 1.165) is 16.7 Å². The summed E-state index contributed by atoms with van der Waals surface area (Å²) in [7, 11) is 0. The number of nitrogens with one attached hydrogen (secondary N) is 3. The van der Waals surface area contributed by atoms with Crippen molar-refractivity contribution in [1.82, 2.24) is 10.9 Å². The molecule has 0 bridgehead atoms. The number of carbonyl (C=O) groups excluding carboxylic acids is 3. The van der Waals surface area contributed by atoms with Crippen LogP contribution in [0.3, 0.4) is 0 Å². The highest BCUT2D eigenvalue weighted by molar-refractivity contribution is 6.32. The molecule has 0 heterocycles. The molecule has 0 aromatic heterocycles. The first-order chi connectivity index (χ1) is 16.9. The van der Waals surface area contributed by atoms with E-state index >= 15 is 0 Å². The number of rotatable bonds is 6. The summed E-state index contributed by atoms with van der Waals surface area (Å²) in [4.78, 5) is 36.9. The van der Waals surface area contributed by atoms with Crippen molar-refractivity contribution in [2.45, 2.75) is 40.0 Å². The Morgan fingerprint density at radius 1 is 0.806 bits per heavy atom. The van der Waals surface area contributed by atoms with E-state index in [1.54, 1.807) is 48.5 Å². The lowest BCUT2D eigenvalue weighted by molar-refractivity contribution is -0.123. The zero-order valence-electron chi connectivity index (χ0n) is 21.0. The van der Waals surface area contributed by atoms with E-state index in [-0.39, 0.29) is 17.9 Å². The van der Waals surface area contributed by atoms with Crippen LogP contribution in [0.15, 0.2) is 60.7 Å². The highest BCUT2D eigenvalue weighted by atomic mass is 35.5. The van der Waals surface area contributed by atoms with E-state index in [9.17, 15) is 14.4 Å². The number of ether oxygens (including phenoxy) is 1. The second kappa shape index (κ2) is 11.3. The van der Waals surface area contributed by atoms with E-state index < -0.39 is 11.8 Å². The predicted octanol–water partition coefficient (Wildman–Crippen LogP) is 5.35. The van der Waals surface area contributed by atoms with Crippen molar-refractivity contribution < 1.29 is 19.1 Å². The fraction of sp³-hybridized carbons (Fsp3) is 0.250. The van der Waals surface area contributed by atoms with Crippen LogP contribution in [0, 0.1) is 13.8 Å². The molecule has 0 saturated heterocycles. The number of halogens is 1. The van der Waals surface area contributed by atoms with Crippen LogP contribution in [-0.4, -0.2) is 24.3 Å². The molecule has 3 amide bonds. The van der Waals surface area contributed by atoms with E-state index in [1.165, 1.54) is 0 Å². The summed E-state index contributed by atoms with van der Waals surface area (Å²) in [6, 6.07) is 17.3. The second-order valence-corrected chi connectivity index (χ2v) is 9.90. The number of anilines is 1. The first kappa shape index (κ1) is 26.8. The van der Waals surface area contributed by atoms with Crippen molar-refractivity contribution in [1.29, 1.82) is 0 Å². The van der Waals surface area contributed by atoms with Crippen molar-refractivity contribution in [2.75, 3.05) is 11.9 Å². The van der Waals surface area contributed by atoms with Gasteiger partial charge in [0.25, 0.3) is 17.7 Å².